The van der Waals surface area contributed by atoms with Crippen LogP contribution >= 0.6 is 20.2 Å². The summed E-state index contributed by atoms with van der Waals surface area (Å²) in [5.74, 6) is -0.182. The van der Waals surface area contributed by atoms with Crippen molar-refractivity contribution in [2.45, 2.75) is 45.9 Å². The number of ketones is 1. The van der Waals surface area contributed by atoms with Crippen LogP contribution in [0.1, 0.15) is 31.1 Å². The Morgan fingerprint density at radius 1 is 0.968 bits per heavy atom. The van der Waals surface area contributed by atoms with Gasteiger partial charge in [-0.1, -0.05) is 0 Å². The number of carbonyl (C=O) groups is 1. The van der Waals surface area contributed by atoms with Crippen molar-refractivity contribution in [3.8, 4) is 0 Å². The molecule has 172 valence electrons. The fourth-order valence-corrected chi connectivity index (χ4v) is 13.7. The Morgan fingerprint density at radius 3 is 1.97 bits per heavy atom. The Morgan fingerprint density at radius 2 is 1.52 bits per heavy atom. The molecule has 2 aromatic carbocycles. The predicted octanol–water partition coefficient (Wildman–Crippen LogP) is 5.79. The normalized spacial score (nSPS) is 13.8. The molecule has 0 unspecified atom stereocenters. The summed E-state index contributed by atoms with van der Waals surface area (Å²) in [5.41, 5.74) is -5.91. The molecule has 0 heterocycles. The van der Waals surface area contributed by atoms with E-state index in [2.05, 4.69) is 0 Å². The Labute approximate surface area is 190 Å². The van der Waals surface area contributed by atoms with Crippen LogP contribution in [0.5, 0.6) is 0 Å². The van der Waals surface area contributed by atoms with Crippen LogP contribution in [0, 0.1) is 12.6 Å². The molecule has 0 spiro atoms. The maximum atomic E-state index is 13.2. The summed E-state index contributed by atoms with van der Waals surface area (Å²) < 4.78 is 69.3. The topological polar surface area (TPSA) is 60.4 Å². The molecular weight excluding hydrogens is 560 g/mol. The first-order chi connectivity index (χ1) is 13.9. The first kappa shape index (κ1) is 26.0. The Kier molecular flexibility index (Phi) is 7.51. The second-order valence-electron chi connectivity index (χ2n) is 9.03. The van der Waals surface area contributed by atoms with Crippen molar-refractivity contribution in [1.82, 2.24) is 0 Å². The third-order valence-electron chi connectivity index (χ3n) is 4.27. The van der Waals surface area contributed by atoms with E-state index in [0.717, 1.165) is 5.19 Å². The van der Waals surface area contributed by atoms with Gasteiger partial charge >= 0.3 is 191 Å². The monoisotopic (exact) mass is 586 g/mol. The van der Waals surface area contributed by atoms with Gasteiger partial charge in [0, 0.05) is 0 Å². The van der Waals surface area contributed by atoms with Crippen LogP contribution in [-0.2, 0) is 12.6 Å². The van der Waals surface area contributed by atoms with E-state index in [1.54, 1.807) is 69.3 Å². The van der Waals surface area contributed by atoms with Crippen LogP contribution < -0.4 is 5.19 Å². The van der Waals surface area contributed by atoms with E-state index in [0.29, 0.717) is 12.7 Å². The molecule has 0 atom stereocenters. The number of halogens is 4. The van der Waals surface area contributed by atoms with E-state index in [-0.39, 0.29) is 5.78 Å². The third kappa shape index (κ3) is 6.17. The van der Waals surface area contributed by atoms with Crippen molar-refractivity contribution in [2.75, 3.05) is 0 Å². The third-order valence-corrected chi connectivity index (χ3v) is 14.0. The number of alkyl halides is 3. The summed E-state index contributed by atoms with van der Waals surface area (Å²) in [6.45, 7) is 11.3. The van der Waals surface area contributed by atoms with E-state index in [1.165, 1.54) is 0 Å². The molecule has 0 aliphatic carbocycles. The van der Waals surface area contributed by atoms with Gasteiger partial charge in [0.2, 0.25) is 0 Å². The molecule has 31 heavy (non-hydrogen) atoms. The zero-order valence-corrected chi connectivity index (χ0v) is 22.1. The fraction of sp³-hybridized carbons (Fsp3) is 0.381. The molecule has 2 aromatic rings. The molecule has 0 N–H and O–H groups in total. The van der Waals surface area contributed by atoms with Crippen LogP contribution in [0.4, 0.5) is 13.2 Å². The van der Waals surface area contributed by atoms with Crippen molar-refractivity contribution >= 4 is 49.4 Å². The summed E-state index contributed by atoms with van der Waals surface area (Å²) in [7, 11) is -7.94. The molecule has 0 aromatic heterocycles. The first-order valence-corrected chi connectivity index (χ1v) is 17.4. The molecule has 0 saturated carbocycles. The number of benzene rings is 2. The van der Waals surface area contributed by atoms with Crippen molar-refractivity contribution < 1.29 is 28.9 Å². The van der Waals surface area contributed by atoms with E-state index in [4.69, 9.17) is 2.51 Å². The Bertz CT molecular complexity index is 1060. The number of carbonyl (C=O) groups excluding carboxylic acids is 1. The van der Waals surface area contributed by atoms with Gasteiger partial charge < -0.3 is 0 Å². The maximum absolute atomic E-state index is 13.2. The molecule has 10 heteroatoms. The Hall–Kier alpha value is -1.24. The van der Waals surface area contributed by atoms with E-state index in [9.17, 15) is 26.4 Å². The molecule has 2 rings (SSSR count). The van der Waals surface area contributed by atoms with Crippen molar-refractivity contribution in [3.63, 3.8) is 0 Å². The van der Waals surface area contributed by atoms with Gasteiger partial charge in [-0.05, 0) is 0 Å². The molecular formula is C21H26F3IO4SSi. The summed E-state index contributed by atoms with van der Waals surface area (Å²) in [6.07, 6.45) is 0. The molecule has 0 aliphatic rings. The van der Waals surface area contributed by atoms with E-state index < -0.39 is 49.3 Å². The zero-order chi connectivity index (χ0) is 23.8. The van der Waals surface area contributed by atoms with Crippen molar-refractivity contribution in [1.29, 1.82) is 0 Å². The van der Waals surface area contributed by atoms with Gasteiger partial charge in [-0.15, -0.1) is 0 Å². The molecule has 0 bridgehead atoms. The molecule has 0 amide bonds. The first-order valence-electron chi connectivity index (χ1n) is 9.41. The van der Waals surface area contributed by atoms with Crippen LogP contribution in [-0.4, -0.2) is 27.8 Å². The summed E-state index contributed by atoms with van der Waals surface area (Å²) >= 11 is -3.60. The van der Waals surface area contributed by atoms with Crippen LogP contribution in [0.25, 0.3) is 0 Å². The van der Waals surface area contributed by atoms with E-state index >= 15 is 0 Å². The second-order valence-corrected chi connectivity index (χ2v) is 20.5. The van der Waals surface area contributed by atoms with Gasteiger partial charge in [-0.3, -0.25) is 0 Å². The minimum atomic E-state index is -5.82. The van der Waals surface area contributed by atoms with Gasteiger partial charge in [0.05, 0.1) is 0 Å². The fourth-order valence-electron chi connectivity index (χ4n) is 2.68. The second kappa shape index (κ2) is 8.95. The number of hydrogen-bond donors (Lipinski definition) is 0. The van der Waals surface area contributed by atoms with Gasteiger partial charge in [0.1, 0.15) is 0 Å². The molecule has 0 aliphatic heterocycles. The SMILES string of the molecule is CC(C)(C)C(=O)c1ccc([Si](C)(C)C)c(I(OS(=O)(=O)C(F)(F)F)c2ccccc2)c1. The molecule has 0 saturated heterocycles. The van der Waals surface area contributed by atoms with Crippen LogP contribution in [0.3, 0.4) is 0 Å². The molecule has 0 fully saturated rings. The average Bonchev–Trinajstić information content (AvgIpc) is 2.63. The Balaban J connectivity index is 2.81. The number of hydrogen-bond acceptors (Lipinski definition) is 4. The van der Waals surface area contributed by atoms with Crippen LogP contribution in [0.2, 0.25) is 19.6 Å². The van der Waals surface area contributed by atoms with Gasteiger partial charge in [0.25, 0.3) is 0 Å². The van der Waals surface area contributed by atoms with Gasteiger partial charge in [0.15, 0.2) is 0 Å². The van der Waals surface area contributed by atoms with Gasteiger partial charge in [-0.25, -0.2) is 0 Å². The summed E-state index contributed by atoms with van der Waals surface area (Å²) in [6, 6.07) is 13.1. The van der Waals surface area contributed by atoms with E-state index in [1.807, 2.05) is 19.6 Å². The summed E-state index contributed by atoms with van der Waals surface area (Å²) in [5, 5.41) is 0.782. The number of Topliss-reactive ketones (excluding diaryl/α,β-unsaturated/α-hetero) is 1. The van der Waals surface area contributed by atoms with Crippen molar-refractivity contribution in [3.05, 3.63) is 61.2 Å². The predicted molar refractivity (Wildman–Crippen MR) is 127 cm³/mol. The molecule has 4 nitrogen and oxygen atoms in total. The quantitative estimate of drug-likeness (QED) is 0.186. The van der Waals surface area contributed by atoms with Crippen LogP contribution in [0.15, 0.2) is 48.5 Å². The van der Waals surface area contributed by atoms with Gasteiger partial charge in [-0.2, -0.15) is 0 Å². The van der Waals surface area contributed by atoms with Crippen molar-refractivity contribution in [2.24, 2.45) is 5.41 Å². The molecule has 0 radical (unpaired) electrons. The number of rotatable bonds is 6. The summed E-state index contributed by atoms with van der Waals surface area (Å²) in [4.78, 5) is 12.9. The minimum absolute atomic E-state index is 0.182. The average molecular weight is 586 g/mol. The zero-order valence-electron chi connectivity index (χ0n) is 18.2. The standard InChI is InChI=1S/C21H26F3IO4SSi/c1-20(2,3)19(26)15-12-13-18(31(4,5)6)17(14-15)25(16-10-8-7-9-11-16)29-30(27,28)21(22,23)24/h7-14H,1-6H3.